The molecule has 2 rings (SSSR count). The summed E-state index contributed by atoms with van der Waals surface area (Å²) in [4.78, 5) is 10.1. The zero-order valence-electron chi connectivity index (χ0n) is 17.8. The molecule has 0 unspecified atom stereocenters. The Morgan fingerprint density at radius 3 is 2.03 bits per heavy atom. The molecule has 0 aliphatic rings. The maximum absolute atomic E-state index is 8.92. The fourth-order valence-electron chi connectivity index (χ4n) is 3.07. The van der Waals surface area contributed by atoms with Gasteiger partial charge in [-0.1, -0.05) is 82.2 Å². The highest BCUT2D eigenvalue weighted by Crippen LogP contribution is 2.26. The van der Waals surface area contributed by atoms with Gasteiger partial charge in [0.05, 0.1) is 11.3 Å². The third-order valence-corrected chi connectivity index (χ3v) is 6.75. The Hall–Kier alpha value is -1.51. The smallest absolute Gasteiger partial charge is 0.187 e. The zero-order chi connectivity index (χ0) is 20.7. The number of benzene rings is 1. The predicted octanol–water partition coefficient (Wildman–Crippen LogP) is 7.77. The Balaban J connectivity index is 1.65. The molecule has 0 saturated carbocycles. The van der Waals surface area contributed by atoms with E-state index in [0.717, 1.165) is 26.9 Å². The van der Waals surface area contributed by atoms with E-state index in [0.29, 0.717) is 0 Å². The highest BCUT2D eigenvalue weighted by atomic mass is 32.2. The summed E-state index contributed by atoms with van der Waals surface area (Å²) in [5.41, 5.74) is 2.14. The van der Waals surface area contributed by atoms with E-state index in [1.54, 1.807) is 23.5 Å². The molecule has 0 spiro atoms. The standard InChI is InChI=1S/C24H33N3S2/c1-3-4-5-6-7-8-9-10-11-16-28-24-26-18-22(19-27-24)21-12-14-23(15-13-21)29-20(2)17-25/h12-15,18-20H,3-11,16H2,1-2H3/t20-/m1/s1. The van der Waals surface area contributed by atoms with Crippen LogP contribution in [-0.2, 0) is 0 Å². The van der Waals surface area contributed by atoms with E-state index in [4.69, 9.17) is 5.26 Å². The third-order valence-electron chi connectivity index (χ3n) is 4.79. The Morgan fingerprint density at radius 1 is 0.862 bits per heavy atom. The number of hydrogen-bond acceptors (Lipinski definition) is 5. The summed E-state index contributed by atoms with van der Waals surface area (Å²) in [7, 11) is 0. The van der Waals surface area contributed by atoms with Gasteiger partial charge in [-0.2, -0.15) is 5.26 Å². The molecule has 0 radical (unpaired) electrons. The SMILES string of the molecule is CCCCCCCCCCCSc1ncc(-c2ccc(S[C@H](C)C#N)cc2)cn1. The van der Waals surface area contributed by atoms with Crippen molar-refractivity contribution in [3.8, 4) is 17.2 Å². The third kappa shape index (κ3) is 9.69. The second kappa shape index (κ2) is 14.5. The van der Waals surface area contributed by atoms with Gasteiger partial charge in [0.25, 0.3) is 0 Å². The van der Waals surface area contributed by atoms with Crippen LogP contribution in [0.1, 0.15) is 71.6 Å². The first-order valence-corrected chi connectivity index (χ1v) is 12.7. The lowest BCUT2D eigenvalue weighted by Gasteiger charge is -2.06. The number of nitrogens with zero attached hydrogens (tertiary/aromatic N) is 3. The van der Waals surface area contributed by atoms with Crippen LogP contribution < -0.4 is 0 Å². The molecule has 0 fully saturated rings. The molecule has 0 bridgehead atoms. The minimum absolute atomic E-state index is 0.0358. The van der Waals surface area contributed by atoms with E-state index < -0.39 is 0 Å². The average molecular weight is 428 g/mol. The quantitative estimate of drug-likeness (QED) is 0.175. The van der Waals surface area contributed by atoms with Crippen molar-refractivity contribution >= 4 is 23.5 Å². The van der Waals surface area contributed by atoms with Crippen molar-refractivity contribution in [3.05, 3.63) is 36.7 Å². The van der Waals surface area contributed by atoms with Crippen LogP contribution in [0.25, 0.3) is 11.1 Å². The van der Waals surface area contributed by atoms with Gasteiger partial charge < -0.3 is 0 Å². The van der Waals surface area contributed by atoms with Crippen molar-refractivity contribution in [1.82, 2.24) is 9.97 Å². The van der Waals surface area contributed by atoms with E-state index in [-0.39, 0.29) is 5.25 Å². The molecule has 1 atom stereocenters. The minimum Gasteiger partial charge on any atom is -0.230 e. The van der Waals surface area contributed by atoms with E-state index in [1.807, 2.05) is 19.3 Å². The van der Waals surface area contributed by atoms with Gasteiger partial charge in [0.1, 0.15) is 0 Å². The van der Waals surface area contributed by atoms with Crippen molar-refractivity contribution in [3.63, 3.8) is 0 Å². The Labute approximate surface area is 185 Å². The molecule has 3 nitrogen and oxygen atoms in total. The van der Waals surface area contributed by atoms with E-state index in [2.05, 4.69) is 47.2 Å². The lowest BCUT2D eigenvalue weighted by atomic mass is 10.1. The molecule has 5 heteroatoms. The molecule has 0 amide bonds. The topological polar surface area (TPSA) is 49.6 Å². The van der Waals surface area contributed by atoms with Crippen molar-refractivity contribution in [1.29, 1.82) is 5.26 Å². The maximum Gasteiger partial charge on any atom is 0.187 e. The monoisotopic (exact) mass is 427 g/mol. The summed E-state index contributed by atoms with van der Waals surface area (Å²) in [5, 5.41) is 9.75. The average Bonchev–Trinajstić information content (AvgIpc) is 2.76. The summed E-state index contributed by atoms with van der Waals surface area (Å²) in [5.74, 6) is 1.10. The van der Waals surface area contributed by atoms with Crippen LogP contribution in [0, 0.1) is 11.3 Å². The normalized spacial score (nSPS) is 11.9. The van der Waals surface area contributed by atoms with Crippen LogP contribution in [0.15, 0.2) is 46.7 Å². The van der Waals surface area contributed by atoms with Crippen LogP contribution >= 0.6 is 23.5 Å². The van der Waals surface area contributed by atoms with Gasteiger partial charge in [-0.25, -0.2) is 9.97 Å². The highest BCUT2D eigenvalue weighted by molar-refractivity contribution is 8.00. The molecule has 2 aromatic rings. The van der Waals surface area contributed by atoms with Crippen molar-refractivity contribution in [2.45, 2.75) is 86.9 Å². The zero-order valence-corrected chi connectivity index (χ0v) is 19.4. The summed E-state index contributed by atoms with van der Waals surface area (Å²) < 4.78 is 0. The Morgan fingerprint density at radius 2 is 1.45 bits per heavy atom. The molecule has 1 heterocycles. The number of unbranched alkanes of at least 4 members (excludes halogenated alkanes) is 8. The van der Waals surface area contributed by atoms with Crippen LogP contribution in [0.5, 0.6) is 0 Å². The number of hydrogen-bond donors (Lipinski definition) is 0. The first-order chi connectivity index (χ1) is 14.2. The number of nitriles is 1. The first-order valence-electron chi connectivity index (χ1n) is 10.8. The minimum atomic E-state index is -0.0358. The van der Waals surface area contributed by atoms with Gasteiger partial charge >= 0.3 is 0 Å². The molecule has 0 aliphatic carbocycles. The first kappa shape index (κ1) is 23.8. The summed E-state index contributed by atoms with van der Waals surface area (Å²) >= 11 is 3.33. The molecule has 0 N–H and O–H groups in total. The van der Waals surface area contributed by atoms with Crippen molar-refractivity contribution in [2.24, 2.45) is 0 Å². The van der Waals surface area contributed by atoms with Crippen molar-refractivity contribution < 1.29 is 0 Å². The van der Waals surface area contributed by atoms with Crippen LogP contribution in [-0.4, -0.2) is 21.0 Å². The second-order valence-electron chi connectivity index (χ2n) is 7.34. The van der Waals surface area contributed by atoms with Crippen LogP contribution in [0.4, 0.5) is 0 Å². The summed E-state index contributed by atoms with van der Waals surface area (Å²) in [6.07, 6.45) is 16.0. The largest absolute Gasteiger partial charge is 0.230 e. The maximum atomic E-state index is 8.92. The summed E-state index contributed by atoms with van der Waals surface area (Å²) in [6, 6.07) is 10.5. The van der Waals surface area contributed by atoms with Gasteiger partial charge in [-0.3, -0.25) is 0 Å². The number of thioether (sulfide) groups is 2. The number of aromatic nitrogens is 2. The van der Waals surface area contributed by atoms with Gasteiger partial charge in [-0.05, 0) is 31.0 Å². The van der Waals surface area contributed by atoms with E-state index in [9.17, 15) is 0 Å². The van der Waals surface area contributed by atoms with Gasteiger partial charge in [0.2, 0.25) is 0 Å². The molecular weight excluding hydrogens is 394 g/mol. The molecular formula is C24H33N3S2. The Bertz CT molecular complexity index is 723. The molecule has 0 aliphatic heterocycles. The molecule has 29 heavy (non-hydrogen) atoms. The van der Waals surface area contributed by atoms with Crippen LogP contribution in [0.2, 0.25) is 0 Å². The molecule has 0 saturated heterocycles. The van der Waals surface area contributed by atoms with Crippen LogP contribution in [0.3, 0.4) is 0 Å². The molecule has 1 aromatic heterocycles. The van der Waals surface area contributed by atoms with Gasteiger partial charge in [-0.15, -0.1) is 11.8 Å². The molecule has 156 valence electrons. The van der Waals surface area contributed by atoms with E-state index in [1.165, 1.54) is 57.8 Å². The lowest BCUT2D eigenvalue weighted by Crippen LogP contribution is -1.91. The van der Waals surface area contributed by atoms with Gasteiger partial charge in [0, 0.05) is 28.6 Å². The van der Waals surface area contributed by atoms with Gasteiger partial charge in [0.15, 0.2) is 5.16 Å². The number of rotatable bonds is 14. The highest BCUT2D eigenvalue weighted by Gasteiger charge is 2.05. The summed E-state index contributed by atoms with van der Waals surface area (Å²) in [6.45, 7) is 4.18. The fraction of sp³-hybridized carbons (Fsp3) is 0.542. The molecule has 1 aromatic carbocycles. The predicted molar refractivity (Wildman–Crippen MR) is 126 cm³/mol. The fourth-order valence-corrected chi connectivity index (χ4v) is 4.61. The van der Waals surface area contributed by atoms with Crippen molar-refractivity contribution in [2.75, 3.05) is 5.75 Å². The Kier molecular flexibility index (Phi) is 11.9. The lowest BCUT2D eigenvalue weighted by molar-refractivity contribution is 0.573. The van der Waals surface area contributed by atoms with E-state index >= 15 is 0 Å². The second-order valence-corrected chi connectivity index (χ2v) is 9.82.